The monoisotopic (exact) mass is 538 g/mol. The molecule has 13 nitrogen and oxygen atoms in total. The molecule has 0 radical (unpaired) electrons. The van der Waals surface area contributed by atoms with Gasteiger partial charge in [0.2, 0.25) is 5.78 Å². The Bertz CT molecular complexity index is 571. The molecule has 0 saturated carbocycles. The van der Waals surface area contributed by atoms with E-state index in [2.05, 4.69) is 6.58 Å². The lowest BCUT2D eigenvalue weighted by Gasteiger charge is -2.08. The largest absolute Gasteiger partial charge is 0.476 e. The third kappa shape index (κ3) is 28.5. The number of carboxylic acids is 1. The topological polar surface area (TPSA) is 155 Å². The number of esters is 1. The van der Waals surface area contributed by atoms with Crippen molar-refractivity contribution in [1.82, 2.24) is 0 Å². The highest BCUT2D eigenvalue weighted by Gasteiger charge is 2.14. The normalized spacial score (nSPS) is 10.9. The molecule has 0 amide bonds. The number of carbonyl (C=O) groups is 3. The maximum atomic E-state index is 11.3. The van der Waals surface area contributed by atoms with Crippen LogP contribution in [0, 0.1) is 0 Å². The van der Waals surface area contributed by atoms with E-state index in [0.29, 0.717) is 99.1 Å². The first-order valence-electron chi connectivity index (χ1n) is 12.2. The summed E-state index contributed by atoms with van der Waals surface area (Å²) in [6.45, 7) is 10.8. The molecule has 0 aliphatic rings. The van der Waals surface area contributed by atoms with Gasteiger partial charge in [0.15, 0.2) is 0 Å². The Morgan fingerprint density at radius 3 is 1.16 bits per heavy atom. The zero-order valence-corrected chi connectivity index (χ0v) is 21.6. The van der Waals surface area contributed by atoms with Gasteiger partial charge in [-0.25, -0.2) is 4.79 Å². The summed E-state index contributed by atoms with van der Waals surface area (Å²) >= 11 is 0. The highest BCUT2D eigenvalue weighted by molar-refractivity contribution is 6.32. The van der Waals surface area contributed by atoms with Gasteiger partial charge >= 0.3 is 11.9 Å². The fourth-order valence-electron chi connectivity index (χ4n) is 2.32. The van der Waals surface area contributed by atoms with Crippen LogP contribution in [0.2, 0.25) is 0 Å². The van der Waals surface area contributed by atoms with E-state index in [1.807, 2.05) is 0 Å². The molecule has 1 N–H and O–H groups in total. The Balaban J connectivity index is 3.14. The summed E-state index contributed by atoms with van der Waals surface area (Å²) in [7, 11) is 0. The maximum Gasteiger partial charge on any atom is 0.372 e. The van der Waals surface area contributed by atoms with Crippen LogP contribution in [0.5, 0.6) is 0 Å². The van der Waals surface area contributed by atoms with Gasteiger partial charge in [-0.1, -0.05) is 6.08 Å². The second-order valence-electron chi connectivity index (χ2n) is 7.10. The van der Waals surface area contributed by atoms with E-state index in [4.69, 9.17) is 47.7 Å². The van der Waals surface area contributed by atoms with Crippen molar-refractivity contribution in [1.29, 1.82) is 0 Å². The number of aliphatic carboxylic acids is 1. The second-order valence-corrected chi connectivity index (χ2v) is 7.10. The Kier molecular flexibility index (Phi) is 27.1. The van der Waals surface area contributed by atoms with Gasteiger partial charge in [0.05, 0.1) is 112 Å². The summed E-state index contributed by atoms with van der Waals surface area (Å²) in [6.07, 6.45) is 1.04. The van der Waals surface area contributed by atoms with Gasteiger partial charge in [-0.3, -0.25) is 9.59 Å². The van der Waals surface area contributed by atoms with Gasteiger partial charge in [-0.05, 0) is 0 Å². The van der Waals surface area contributed by atoms with Gasteiger partial charge in [-0.15, -0.1) is 6.58 Å². The minimum atomic E-state index is -1.56. The van der Waals surface area contributed by atoms with E-state index >= 15 is 0 Å². The maximum absolute atomic E-state index is 11.3. The predicted molar refractivity (Wildman–Crippen MR) is 130 cm³/mol. The molecule has 0 aromatic carbocycles. The minimum absolute atomic E-state index is 0.0190. The minimum Gasteiger partial charge on any atom is -0.476 e. The van der Waals surface area contributed by atoms with Gasteiger partial charge in [0.25, 0.3) is 0 Å². The number of hydrogen-bond donors (Lipinski definition) is 1. The van der Waals surface area contributed by atoms with E-state index in [9.17, 15) is 14.4 Å². The highest BCUT2D eigenvalue weighted by Crippen LogP contribution is 1.95. The van der Waals surface area contributed by atoms with Gasteiger partial charge in [0.1, 0.15) is 6.61 Å². The SMILES string of the molecule is C=CCOCCOCCOCCOCCOCCOCCOCCOCCOC(=O)CCC(=O)C(=O)O. The number of ether oxygens (including phenoxy) is 9. The first-order valence-corrected chi connectivity index (χ1v) is 12.2. The van der Waals surface area contributed by atoms with Gasteiger partial charge in [-0.2, -0.15) is 0 Å². The van der Waals surface area contributed by atoms with Crippen molar-refractivity contribution in [3.05, 3.63) is 12.7 Å². The Hall–Kier alpha value is -1.97. The first kappa shape index (κ1) is 35.0. The molecule has 0 aromatic heterocycles. The standard InChI is InChI=1S/C24H42O13/c1-2-5-29-6-7-30-8-9-31-10-11-32-12-13-33-14-15-34-16-17-35-18-19-36-20-21-37-23(26)4-3-22(25)24(27)28/h2H,1,3-21H2,(H,27,28). The number of hydrogen-bond acceptors (Lipinski definition) is 12. The fourth-order valence-corrected chi connectivity index (χ4v) is 2.32. The van der Waals surface area contributed by atoms with Crippen molar-refractivity contribution in [3.63, 3.8) is 0 Å². The third-order valence-corrected chi connectivity index (χ3v) is 4.13. The fraction of sp³-hybridized carbons (Fsp3) is 0.792. The molecule has 216 valence electrons. The van der Waals surface area contributed by atoms with Crippen LogP contribution in [0.25, 0.3) is 0 Å². The molecule has 13 heteroatoms. The lowest BCUT2D eigenvalue weighted by atomic mass is 10.2. The molecule has 0 aliphatic heterocycles. The zero-order chi connectivity index (χ0) is 27.2. The van der Waals surface area contributed by atoms with Gasteiger partial charge < -0.3 is 47.7 Å². The van der Waals surface area contributed by atoms with Gasteiger partial charge in [0, 0.05) is 6.42 Å². The molecular formula is C24H42O13. The van der Waals surface area contributed by atoms with Crippen molar-refractivity contribution in [2.45, 2.75) is 12.8 Å². The molecule has 0 fully saturated rings. The Morgan fingerprint density at radius 1 is 0.514 bits per heavy atom. The third-order valence-electron chi connectivity index (χ3n) is 4.13. The average Bonchev–Trinajstić information content (AvgIpc) is 2.89. The number of rotatable bonds is 30. The Labute approximate surface area is 218 Å². The lowest BCUT2D eigenvalue weighted by Crippen LogP contribution is -2.17. The van der Waals surface area contributed by atoms with E-state index in [0.717, 1.165) is 0 Å². The van der Waals surface area contributed by atoms with E-state index in [1.54, 1.807) is 6.08 Å². The lowest BCUT2D eigenvalue weighted by molar-refractivity contribution is -0.151. The number of carboxylic acid groups (broad SMARTS) is 1. The second kappa shape index (κ2) is 28.6. The molecule has 0 unspecified atom stereocenters. The van der Waals surface area contributed by atoms with Crippen LogP contribution in [0.1, 0.15) is 12.8 Å². The van der Waals surface area contributed by atoms with Crippen LogP contribution in [0.15, 0.2) is 12.7 Å². The van der Waals surface area contributed by atoms with Crippen LogP contribution >= 0.6 is 0 Å². The summed E-state index contributed by atoms with van der Waals surface area (Å²) < 4.78 is 47.5. The molecule has 0 bridgehead atoms. The number of Topliss-reactive ketones (excluding diaryl/α,β-unsaturated/α-hetero) is 1. The van der Waals surface area contributed by atoms with Crippen molar-refractivity contribution in [2.24, 2.45) is 0 Å². The van der Waals surface area contributed by atoms with Crippen LogP contribution in [-0.4, -0.2) is 135 Å². The summed E-state index contributed by atoms with van der Waals surface area (Å²) in [5.41, 5.74) is 0. The van der Waals surface area contributed by atoms with Crippen LogP contribution in [0.3, 0.4) is 0 Å². The van der Waals surface area contributed by atoms with Crippen molar-refractivity contribution >= 4 is 17.7 Å². The summed E-state index contributed by atoms with van der Waals surface area (Å²) in [5.74, 6) is -3.23. The smallest absolute Gasteiger partial charge is 0.372 e. The van der Waals surface area contributed by atoms with E-state index in [1.165, 1.54) is 0 Å². The van der Waals surface area contributed by atoms with Crippen molar-refractivity contribution in [2.75, 3.05) is 112 Å². The first-order chi connectivity index (χ1) is 18.1. The molecule has 0 saturated heterocycles. The highest BCUT2D eigenvalue weighted by atomic mass is 16.6. The number of ketones is 1. The van der Waals surface area contributed by atoms with Crippen molar-refractivity contribution < 1.29 is 62.1 Å². The molecule has 0 heterocycles. The summed E-state index contributed by atoms with van der Waals surface area (Å²) in [5, 5.41) is 8.41. The van der Waals surface area contributed by atoms with E-state index in [-0.39, 0.29) is 26.1 Å². The molecule has 0 atom stereocenters. The summed E-state index contributed by atoms with van der Waals surface area (Å²) in [6, 6.07) is 0. The number of carbonyl (C=O) groups excluding carboxylic acids is 2. The average molecular weight is 539 g/mol. The molecule has 0 aromatic rings. The van der Waals surface area contributed by atoms with Crippen LogP contribution in [-0.2, 0) is 57.0 Å². The van der Waals surface area contributed by atoms with Crippen LogP contribution < -0.4 is 0 Å². The summed E-state index contributed by atoms with van der Waals surface area (Å²) in [4.78, 5) is 32.5. The molecule has 0 aliphatic carbocycles. The molecule has 0 spiro atoms. The van der Waals surface area contributed by atoms with Crippen molar-refractivity contribution in [3.8, 4) is 0 Å². The Morgan fingerprint density at radius 2 is 0.838 bits per heavy atom. The van der Waals surface area contributed by atoms with Crippen LogP contribution in [0.4, 0.5) is 0 Å². The van der Waals surface area contributed by atoms with E-state index < -0.39 is 17.7 Å². The molecule has 0 rings (SSSR count). The molecule has 37 heavy (non-hydrogen) atoms. The predicted octanol–water partition coefficient (Wildman–Crippen LogP) is 0.282. The molecular weight excluding hydrogens is 496 g/mol. The quantitative estimate of drug-likeness (QED) is 0.0577. The zero-order valence-electron chi connectivity index (χ0n) is 21.6.